The normalized spacial score (nSPS) is 11.1. The molecule has 0 amide bonds. The lowest BCUT2D eigenvalue weighted by Gasteiger charge is -2.16. The first-order chi connectivity index (χ1) is 9.54. The van der Waals surface area contributed by atoms with Gasteiger partial charge in [-0.1, -0.05) is 13.8 Å². The fraction of sp³-hybridized carbons (Fsp3) is 0.500. The zero-order valence-electron chi connectivity index (χ0n) is 12.5. The molecule has 20 heavy (non-hydrogen) atoms. The number of rotatable bonds is 6. The minimum Gasteiger partial charge on any atom is -0.339 e. The summed E-state index contributed by atoms with van der Waals surface area (Å²) in [4.78, 5) is 10.8. The molecular formula is C14H22N6. The van der Waals surface area contributed by atoms with Gasteiger partial charge in [-0.3, -0.25) is 4.68 Å². The highest BCUT2D eigenvalue weighted by Gasteiger charge is 2.06. The molecular weight excluding hydrogens is 252 g/mol. The molecule has 1 N–H and O–H groups in total. The molecule has 0 bridgehead atoms. The van der Waals surface area contributed by atoms with Gasteiger partial charge in [0, 0.05) is 62.9 Å². The number of nitrogens with zero attached hydrogens (tertiary/aromatic N) is 5. The number of nitrogens with one attached hydrogen (secondary N) is 1. The number of anilines is 1. The molecule has 0 aliphatic heterocycles. The van der Waals surface area contributed by atoms with E-state index in [0.717, 1.165) is 30.2 Å². The van der Waals surface area contributed by atoms with Crippen molar-refractivity contribution >= 4 is 5.95 Å². The maximum absolute atomic E-state index is 4.41. The highest BCUT2D eigenvalue weighted by Crippen LogP contribution is 2.09. The molecule has 0 aliphatic rings. The molecule has 0 aliphatic carbocycles. The van der Waals surface area contributed by atoms with Gasteiger partial charge in [0.2, 0.25) is 5.95 Å². The van der Waals surface area contributed by atoms with Crippen molar-refractivity contribution in [2.75, 3.05) is 11.9 Å². The SMILES string of the molecule is CC(C)NCc1cnc(N(C)Cc2cnn(C)c2)nc1. The van der Waals surface area contributed by atoms with Crippen molar-refractivity contribution < 1.29 is 0 Å². The van der Waals surface area contributed by atoms with E-state index in [2.05, 4.69) is 34.2 Å². The Morgan fingerprint density at radius 3 is 2.45 bits per heavy atom. The lowest BCUT2D eigenvalue weighted by Crippen LogP contribution is -2.23. The summed E-state index contributed by atoms with van der Waals surface area (Å²) in [5.41, 5.74) is 2.24. The van der Waals surface area contributed by atoms with Crippen molar-refractivity contribution in [2.24, 2.45) is 7.05 Å². The van der Waals surface area contributed by atoms with Crippen molar-refractivity contribution in [1.29, 1.82) is 0 Å². The third-order valence-corrected chi connectivity index (χ3v) is 2.93. The average molecular weight is 274 g/mol. The molecule has 0 unspecified atom stereocenters. The van der Waals surface area contributed by atoms with Crippen LogP contribution >= 0.6 is 0 Å². The van der Waals surface area contributed by atoms with Crippen molar-refractivity contribution in [3.63, 3.8) is 0 Å². The predicted molar refractivity (Wildman–Crippen MR) is 79.3 cm³/mol. The zero-order chi connectivity index (χ0) is 14.5. The number of aryl methyl sites for hydroxylation is 1. The van der Waals surface area contributed by atoms with Crippen molar-refractivity contribution in [3.8, 4) is 0 Å². The van der Waals surface area contributed by atoms with E-state index in [-0.39, 0.29) is 0 Å². The van der Waals surface area contributed by atoms with Gasteiger partial charge in [0.1, 0.15) is 0 Å². The first-order valence-corrected chi connectivity index (χ1v) is 6.77. The minimum absolute atomic E-state index is 0.461. The molecule has 2 rings (SSSR count). The summed E-state index contributed by atoms with van der Waals surface area (Å²) in [5, 5.41) is 7.51. The summed E-state index contributed by atoms with van der Waals surface area (Å²) in [5.74, 6) is 0.724. The standard InChI is InChI=1S/C14H22N6/c1-11(2)15-5-12-6-16-14(17-7-12)19(3)9-13-8-18-20(4)10-13/h6-8,10-11,15H,5,9H2,1-4H3. The summed E-state index contributed by atoms with van der Waals surface area (Å²) in [6.07, 6.45) is 7.60. The first kappa shape index (κ1) is 14.5. The van der Waals surface area contributed by atoms with E-state index in [1.165, 1.54) is 0 Å². The summed E-state index contributed by atoms with van der Waals surface area (Å²) in [7, 11) is 3.89. The van der Waals surface area contributed by atoms with Crippen LogP contribution in [0.3, 0.4) is 0 Å². The van der Waals surface area contributed by atoms with Gasteiger partial charge in [0.15, 0.2) is 0 Å². The molecule has 0 saturated carbocycles. The van der Waals surface area contributed by atoms with E-state index >= 15 is 0 Å². The van der Waals surface area contributed by atoms with E-state index < -0.39 is 0 Å². The van der Waals surface area contributed by atoms with Crippen LogP contribution in [0.1, 0.15) is 25.0 Å². The van der Waals surface area contributed by atoms with Crippen molar-refractivity contribution in [1.82, 2.24) is 25.1 Å². The van der Waals surface area contributed by atoms with Gasteiger partial charge in [-0.2, -0.15) is 5.10 Å². The lowest BCUT2D eigenvalue weighted by atomic mass is 10.3. The van der Waals surface area contributed by atoms with Crippen LogP contribution < -0.4 is 10.2 Å². The van der Waals surface area contributed by atoms with E-state index in [9.17, 15) is 0 Å². The van der Waals surface area contributed by atoms with Crippen molar-refractivity contribution in [2.45, 2.75) is 33.0 Å². The van der Waals surface area contributed by atoms with E-state index in [0.29, 0.717) is 6.04 Å². The highest BCUT2D eigenvalue weighted by molar-refractivity contribution is 5.30. The van der Waals surface area contributed by atoms with E-state index in [1.807, 2.05) is 43.8 Å². The smallest absolute Gasteiger partial charge is 0.225 e. The highest BCUT2D eigenvalue weighted by atomic mass is 15.3. The molecule has 0 radical (unpaired) electrons. The third kappa shape index (κ3) is 4.03. The molecule has 2 heterocycles. The fourth-order valence-electron chi connectivity index (χ4n) is 1.86. The van der Waals surface area contributed by atoms with Gasteiger partial charge in [-0.05, 0) is 0 Å². The third-order valence-electron chi connectivity index (χ3n) is 2.93. The second-order valence-corrected chi connectivity index (χ2v) is 5.31. The van der Waals surface area contributed by atoms with Gasteiger partial charge in [-0.15, -0.1) is 0 Å². The Bertz CT molecular complexity index is 531. The Kier molecular flexibility index (Phi) is 4.68. The van der Waals surface area contributed by atoms with Crippen LogP contribution in [0.15, 0.2) is 24.8 Å². The molecule has 2 aromatic rings. The Hall–Kier alpha value is -1.95. The molecule has 2 aromatic heterocycles. The van der Waals surface area contributed by atoms with Crippen LogP contribution in [0.25, 0.3) is 0 Å². The van der Waals surface area contributed by atoms with Crippen LogP contribution in [0.4, 0.5) is 5.95 Å². The van der Waals surface area contributed by atoms with Gasteiger partial charge in [0.05, 0.1) is 6.20 Å². The monoisotopic (exact) mass is 274 g/mol. The average Bonchev–Trinajstić information content (AvgIpc) is 2.82. The lowest BCUT2D eigenvalue weighted by molar-refractivity contribution is 0.586. The Labute approximate surface area is 119 Å². The Morgan fingerprint density at radius 1 is 1.20 bits per heavy atom. The van der Waals surface area contributed by atoms with Gasteiger partial charge >= 0.3 is 0 Å². The largest absolute Gasteiger partial charge is 0.339 e. The van der Waals surface area contributed by atoms with Gasteiger partial charge in [0.25, 0.3) is 0 Å². The molecule has 0 atom stereocenters. The quantitative estimate of drug-likeness (QED) is 0.861. The topological polar surface area (TPSA) is 58.9 Å². The molecule has 0 saturated heterocycles. The second kappa shape index (κ2) is 6.47. The predicted octanol–water partition coefficient (Wildman–Crippen LogP) is 1.34. The zero-order valence-corrected chi connectivity index (χ0v) is 12.5. The van der Waals surface area contributed by atoms with E-state index in [1.54, 1.807) is 4.68 Å². The molecule has 0 spiro atoms. The first-order valence-electron chi connectivity index (χ1n) is 6.77. The van der Waals surface area contributed by atoms with Crippen LogP contribution in [-0.2, 0) is 20.1 Å². The molecule has 6 nitrogen and oxygen atoms in total. The summed E-state index contributed by atoms with van der Waals surface area (Å²) in [6, 6.07) is 0.461. The Balaban J connectivity index is 1.94. The maximum atomic E-state index is 4.41. The number of hydrogen-bond donors (Lipinski definition) is 1. The van der Waals surface area contributed by atoms with Crippen LogP contribution in [0.2, 0.25) is 0 Å². The summed E-state index contributed by atoms with van der Waals surface area (Å²) < 4.78 is 1.80. The van der Waals surface area contributed by atoms with Crippen LogP contribution in [0.5, 0.6) is 0 Å². The second-order valence-electron chi connectivity index (χ2n) is 5.31. The summed E-state index contributed by atoms with van der Waals surface area (Å²) >= 11 is 0. The fourth-order valence-corrected chi connectivity index (χ4v) is 1.86. The molecule has 108 valence electrons. The summed E-state index contributed by atoms with van der Waals surface area (Å²) in [6.45, 7) is 5.79. The van der Waals surface area contributed by atoms with Gasteiger partial charge < -0.3 is 10.2 Å². The van der Waals surface area contributed by atoms with Gasteiger partial charge in [-0.25, -0.2) is 9.97 Å². The molecule has 0 aromatic carbocycles. The van der Waals surface area contributed by atoms with Crippen molar-refractivity contribution in [3.05, 3.63) is 35.9 Å². The van der Waals surface area contributed by atoms with E-state index in [4.69, 9.17) is 0 Å². The number of aromatic nitrogens is 4. The Morgan fingerprint density at radius 2 is 1.90 bits per heavy atom. The maximum Gasteiger partial charge on any atom is 0.225 e. The minimum atomic E-state index is 0.461. The molecule has 0 fully saturated rings. The van der Waals surface area contributed by atoms with Crippen LogP contribution in [-0.4, -0.2) is 32.8 Å². The van der Waals surface area contributed by atoms with Crippen LogP contribution in [0, 0.1) is 0 Å². The number of hydrogen-bond acceptors (Lipinski definition) is 5. The molecule has 6 heteroatoms.